The average molecular weight is 240 g/mol. The maximum absolute atomic E-state index is 11.8. The highest BCUT2D eigenvalue weighted by Crippen LogP contribution is 2.20. The number of hydrogen-bond donors (Lipinski definition) is 1. The Kier molecular flexibility index (Phi) is 5.33. The second-order valence-electron chi connectivity index (χ2n) is 3.80. The molecular formula is C13H18ClNO. The Hall–Kier alpha value is -1.02. The van der Waals surface area contributed by atoms with Crippen LogP contribution < -0.4 is 5.32 Å². The monoisotopic (exact) mass is 239 g/mol. The molecule has 0 saturated carbocycles. The van der Waals surface area contributed by atoms with Gasteiger partial charge in [0.15, 0.2) is 0 Å². The Morgan fingerprint density at radius 3 is 2.31 bits per heavy atom. The van der Waals surface area contributed by atoms with Gasteiger partial charge in [-0.1, -0.05) is 44.2 Å². The Labute approximate surface area is 102 Å². The topological polar surface area (TPSA) is 29.1 Å². The van der Waals surface area contributed by atoms with Crippen LogP contribution in [-0.4, -0.2) is 11.9 Å². The summed E-state index contributed by atoms with van der Waals surface area (Å²) in [7, 11) is 0. The van der Waals surface area contributed by atoms with Gasteiger partial charge in [-0.05, 0) is 18.4 Å². The molecule has 88 valence electrons. The first-order valence-corrected chi connectivity index (χ1v) is 6.12. The van der Waals surface area contributed by atoms with Crippen LogP contribution in [0.15, 0.2) is 30.3 Å². The molecule has 1 unspecified atom stereocenters. The smallest absolute Gasteiger partial charge is 0.242 e. The minimum Gasteiger partial charge on any atom is -0.352 e. The first kappa shape index (κ1) is 13.0. The lowest BCUT2D eigenvalue weighted by molar-refractivity contribution is -0.121. The highest BCUT2D eigenvalue weighted by molar-refractivity contribution is 6.30. The lowest BCUT2D eigenvalue weighted by Gasteiger charge is -2.17. The van der Waals surface area contributed by atoms with Gasteiger partial charge in [0.25, 0.3) is 0 Å². The summed E-state index contributed by atoms with van der Waals surface area (Å²) in [5.74, 6) is -0.110. The Balaban J connectivity index is 2.61. The van der Waals surface area contributed by atoms with E-state index in [1.807, 2.05) is 30.3 Å². The number of nitrogens with one attached hydrogen (secondary N) is 1. The van der Waals surface area contributed by atoms with Gasteiger partial charge in [-0.15, -0.1) is 11.6 Å². The van der Waals surface area contributed by atoms with Gasteiger partial charge in [-0.2, -0.15) is 0 Å². The van der Waals surface area contributed by atoms with Crippen molar-refractivity contribution in [3.05, 3.63) is 35.9 Å². The van der Waals surface area contributed by atoms with Crippen molar-refractivity contribution >= 4 is 17.5 Å². The van der Waals surface area contributed by atoms with Crippen molar-refractivity contribution in [1.82, 2.24) is 5.32 Å². The molecular weight excluding hydrogens is 222 g/mol. The van der Waals surface area contributed by atoms with Gasteiger partial charge < -0.3 is 5.32 Å². The number of amides is 1. The predicted octanol–water partition coefficient (Wildman–Crippen LogP) is 3.27. The van der Waals surface area contributed by atoms with E-state index in [1.165, 1.54) is 0 Å². The number of alkyl halides is 1. The number of carbonyl (C=O) groups is 1. The molecule has 0 bridgehead atoms. The van der Waals surface area contributed by atoms with Crippen molar-refractivity contribution in [2.24, 2.45) is 0 Å². The van der Waals surface area contributed by atoms with E-state index in [0.717, 1.165) is 18.4 Å². The Morgan fingerprint density at radius 1 is 1.25 bits per heavy atom. The van der Waals surface area contributed by atoms with Crippen LogP contribution in [0.5, 0.6) is 0 Å². The molecule has 0 heterocycles. The van der Waals surface area contributed by atoms with E-state index in [1.54, 1.807) is 0 Å². The number of carbonyl (C=O) groups excluding carboxylic acids is 1. The van der Waals surface area contributed by atoms with E-state index in [2.05, 4.69) is 19.2 Å². The molecule has 3 heteroatoms. The largest absolute Gasteiger partial charge is 0.352 e. The molecule has 0 aliphatic heterocycles. The first-order chi connectivity index (χ1) is 7.69. The minimum atomic E-state index is -0.596. The third kappa shape index (κ3) is 3.53. The molecule has 2 nitrogen and oxygen atoms in total. The van der Waals surface area contributed by atoms with Gasteiger partial charge in [0.05, 0.1) is 0 Å². The maximum atomic E-state index is 11.8. The molecule has 0 aliphatic carbocycles. The molecule has 0 spiro atoms. The molecule has 1 rings (SSSR count). The van der Waals surface area contributed by atoms with Gasteiger partial charge in [0.2, 0.25) is 5.91 Å². The van der Waals surface area contributed by atoms with Crippen molar-refractivity contribution in [1.29, 1.82) is 0 Å². The summed E-state index contributed by atoms with van der Waals surface area (Å²) < 4.78 is 0. The molecule has 0 saturated heterocycles. The summed E-state index contributed by atoms with van der Waals surface area (Å²) >= 11 is 6.10. The number of rotatable bonds is 5. The summed E-state index contributed by atoms with van der Waals surface area (Å²) in [4.78, 5) is 11.8. The van der Waals surface area contributed by atoms with Crippen molar-refractivity contribution in [3.8, 4) is 0 Å². The second-order valence-corrected chi connectivity index (χ2v) is 4.23. The summed E-state index contributed by atoms with van der Waals surface area (Å²) in [6, 6.07) is 9.63. The fourth-order valence-electron chi connectivity index (χ4n) is 1.54. The first-order valence-electron chi connectivity index (χ1n) is 5.68. The van der Waals surface area contributed by atoms with Crippen molar-refractivity contribution in [2.75, 3.05) is 0 Å². The summed E-state index contributed by atoms with van der Waals surface area (Å²) in [6.07, 6.45) is 1.86. The maximum Gasteiger partial charge on any atom is 0.242 e. The lowest BCUT2D eigenvalue weighted by Crippen LogP contribution is -2.35. The molecule has 1 amide bonds. The lowest BCUT2D eigenvalue weighted by atomic mass is 10.1. The highest BCUT2D eigenvalue weighted by atomic mass is 35.5. The molecule has 0 radical (unpaired) electrons. The van der Waals surface area contributed by atoms with Crippen LogP contribution in [0.4, 0.5) is 0 Å². The van der Waals surface area contributed by atoms with E-state index in [-0.39, 0.29) is 11.9 Å². The standard InChI is InChI=1S/C13H18ClNO/c1-3-11(4-2)15-13(16)12(14)10-8-6-5-7-9-10/h5-9,11-12H,3-4H2,1-2H3,(H,15,16). The number of benzene rings is 1. The van der Waals surface area contributed by atoms with E-state index in [9.17, 15) is 4.79 Å². The third-order valence-corrected chi connectivity index (χ3v) is 3.10. The van der Waals surface area contributed by atoms with Crippen LogP contribution in [0.1, 0.15) is 37.6 Å². The van der Waals surface area contributed by atoms with Gasteiger partial charge in [-0.25, -0.2) is 0 Å². The molecule has 16 heavy (non-hydrogen) atoms. The quantitative estimate of drug-likeness (QED) is 0.785. The molecule has 1 N–H and O–H groups in total. The Morgan fingerprint density at radius 2 is 1.81 bits per heavy atom. The van der Waals surface area contributed by atoms with E-state index in [0.29, 0.717) is 0 Å². The molecule has 0 fully saturated rings. The van der Waals surface area contributed by atoms with Crippen LogP contribution in [0.2, 0.25) is 0 Å². The fraction of sp³-hybridized carbons (Fsp3) is 0.462. The molecule has 1 aromatic carbocycles. The normalized spacial score (nSPS) is 12.5. The third-order valence-electron chi connectivity index (χ3n) is 2.65. The molecule has 0 aromatic heterocycles. The van der Waals surface area contributed by atoms with Gasteiger partial charge in [-0.3, -0.25) is 4.79 Å². The zero-order chi connectivity index (χ0) is 12.0. The van der Waals surface area contributed by atoms with Gasteiger partial charge in [0, 0.05) is 6.04 Å². The number of hydrogen-bond acceptors (Lipinski definition) is 1. The van der Waals surface area contributed by atoms with E-state index < -0.39 is 5.38 Å². The number of halogens is 1. The predicted molar refractivity (Wildman–Crippen MR) is 67.5 cm³/mol. The molecule has 1 atom stereocenters. The average Bonchev–Trinajstić information content (AvgIpc) is 2.35. The van der Waals surface area contributed by atoms with Crippen LogP contribution in [0.25, 0.3) is 0 Å². The van der Waals surface area contributed by atoms with Crippen LogP contribution in [0.3, 0.4) is 0 Å². The minimum absolute atomic E-state index is 0.110. The van der Waals surface area contributed by atoms with Gasteiger partial charge >= 0.3 is 0 Å². The van der Waals surface area contributed by atoms with Crippen LogP contribution >= 0.6 is 11.6 Å². The van der Waals surface area contributed by atoms with Crippen molar-refractivity contribution < 1.29 is 4.79 Å². The molecule has 0 aliphatic rings. The fourth-order valence-corrected chi connectivity index (χ4v) is 1.75. The van der Waals surface area contributed by atoms with Gasteiger partial charge in [0.1, 0.15) is 5.38 Å². The Bertz CT molecular complexity index is 322. The van der Waals surface area contributed by atoms with Crippen LogP contribution in [0, 0.1) is 0 Å². The summed E-state index contributed by atoms with van der Waals surface area (Å²) in [5.41, 5.74) is 0.840. The van der Waals surface area contributed by atoms with Crippen molar-refractivity contribution in [3.63, 3.8) is 0 Å². The molecule has 1 aromatic rings. The summed E-state index contributed by atoms with van der Waals surface area (Å²) in [5, 5.41) is 2.35. The van der Waals surface area contributed by atoms with E-state index >= 15 is 0 Å². The zero-order valence-corrected chi connectivity index (χ0v) is 10.5. The van der Waals surface area contributed by atoms with Crippen LogP contribution in [-0.2, 0) is 4.79 Å². The van der Waals surface area contributed by atoms with Crippen molar-refractivity contribution in [2.45, 2.75) is 38.1 Å². The second kappa shape index (κ2) is 6.54. The highest BCUT2D eigenvalue weighted by Gasteiger charge is 2.19. The SMILES string of the molecule is CCC(CC)NC(=O)C(Cl)c1ccccc1. The van der Waals surface area contributed by atoms with E-state index in [4.69, 9.17) is 11.6 Å². The summed E-state index contributed by atoms with van der Waals surface area (Å²) in [6.45, 7) is 4.11. The zero-order valence-electron chi connectivity index (χ0n) is 9.74.